The van der Waals surface area contributed by atoms with Gasteiger partial charge < -0.3 is 10.1 Å². The molecule has 4 aromatic rings. The maximum Gasteiger partial charge on any atom is 0.573 e. The average Bonchev–Trinajstić information content (AvgIpc) is 3.34. The van der Waals surface area contributed by atoms with Crippen LogP contribution in [0, 0.1) is 0 Å². The number of aromatic nitrogens is 1. The van der Waals surface area contributed by atoms with Gasteiger partial charge in [0.15, 0.2) is 0 Å². The molecule has 1 N–H and O–H groups in total. The highest BCUT2D eigenvalue weighted by molar-refractivity contribution is 7.22. The van der Waals surface area contributed by atoms with E-state index in [9.17, 15) is 31.1 Å². The molecule has 4 nitrogen and oxygen atoms in total. The van der Waals surface area contributed by atoms with Crippen molar-refractivity contribution in [1.82, 2.24) is 4.98 Å². The van der Waals surface area contributed by atoms with Crippen LogP contribution in [0.15, 0.2) is 54.0 Å². The second-order valence-corrected chi connectivity index (χ2v) is 8.38. The van der Waals surface area contributed by atoms with Gasteiger partial charge >= 0.3 is 12.5 Å². The number of carbonyl (C=O) groups is 1. The van der Waals surface area contributed by atoms with E-state index in [4.69, 9.17) is 0 Å². The zero-order valence-corrected chi connectivity index (χ0v) is 17.2. The molecule has 1 amide bonds. The first kappa shape index (κ1) is 22.1. The third-order valence-corrected chi connectivity index (χ3v) is 6.19. The number of amides is 1. The number of thiophene rings is 2. The normalized spacial score (nSPS) is 12.2. The molecule has 0 atom stereocenters. The summed E-state index contributed by atoms with van der Waals surface area (Å²) in [6.45, 7) is 0. The van der Waals surface area contributed by atoms with Crippen molar-refractivity contribution in [3.05, 3.63) is 64.5 Å². The van der Waals surface area contributed by atoms with Crippen molar-refractivity contribution >= 4 is 44.5 Å². The lowest BCUT2D eigenvalue weighted by Crippen LogP contribution is -2.17. The molecule has 0 bridgehead atoms. The molecule has 0 unspecified atom stereocenters. The van der Waals surface area contributed by atoms with E-state index in [1.54, 1.807) is 17.5 Å². The molecule has 4 rings (SSSR count). The first-order valence-corrected chi connectivity index (χ1v) is 10.4. The Kier molecular flexibility index (Phi) is 5.59. The van der Waals surface area contributed by atoms with Crippen LogP contribution >= 0.6 is 22.7 Å². The summed E-state index contributed by atoms with van der Waals surface area (Å²) in [5.41, 5.74) is -0.105. The Labute approximate surface area is 184 Å². The van der Waals surface area contributed by atoms with Crippen LogP contribution in [-0.4, -0.2) is 17.3 Å². The monoisotopic (exact) mass is 488 g/mol. The van der Waals surface area contributed by atoms with Crippen molar-refractivity contribution < 1.29 is 35.9 Å². The summed E-state index contributed by atoms with van der Waals surface area (Å²) < 4.78 is 80.1. The van der Waals surface area contributed by atoms with Crippen LogP contribution in [0.3, 0.4) is 0 Å². The van der Waals surface area contributed by atoms with E-state index < -0.39 is 29.8 Å². The number of anilines is 1. The van der Waals surface area contributed by atoms with Crippen LogP contribution in [0.4, 0.5) is 32.0 Å². The third-order valence-electron chi connectivity index (χ3n) is 4.18. The molecule has 1 aromatic carbocycles. The number of alkyl halides is 6. The minimum absolute atomic E-state index is 0.130. The Morgan fingerprint density at radius 2 is 1.75 bits per heavy atom. The number of hydrogen-bond acceptors (Lipinski definition) is 5. The molecule has 3 aromatic heterocycles. The summed E-state index contributed by atoms with van der Waals surface area (Å²) in [6, 6.07) is 8.88. The van der Waals surface area contributed by atoms with Gasteiger partial charge in [-0.15, -0.1) is 35.8 Å². The molecule has 0 saturated heterocycles. The quantitative estimate of drug-likeness (QED) is 0.309. The smallest absolute Gasteiger partial charge is 0.406 e. The number of halogens is 6. The number of benzene rings is 1. The fraction of sp³-hybridized carbons (Fsp3) is 0.100. The van der Waals surface area contributed by atoms with Crippen molar-refractivity contribution in [1.29, 1.82) is 0 Å². The van der Waals surface area contributed by atoms with Gasteiger partial charge in [-0.05, 0) is 41.8 Å². The van der Waals surface area contributed by atoms with Crippen LogP contribution in [-0.2, 0) is 6.18 Å². The van der Waals surface area contributed by atoms with Crippen molar-refractivity contribution in [2.75, 3.05) is 5.32 Å². The number of carbonyl (C=O) groups excluding carboxylic acids is 1. The summed E-state index contributed by atoms with van der Waals surface area (Å²) in [5.74, 6) is -1.09. The van der Waals surface area contributed by atoms with E-state index in [1.807, 2.05) is 0 Å². The second kappa shape index (κ2) is 8.10. The minimum Gasteiger partial charge on any atom is -0.406 e. The Morgan fingerprint density at radius 3 is 2.34 bits per heavy atom. The van der Waals surface area contributed by atoms with Crippen LogP contribution in [0.2, 0.25) is 0 Å². The molecule has 0 aliphatic heterocycles. The highest BCUT2D eigenvalue weighted by Gasteiger charge is 2.33. The number of ether oxygens (including phenoxy) is 1. The zero-order chi connectivity index (χ0) is 23.1. The van der Waals surface area contributed by atoms with Gasteiger partial charge in [-0.2, -0.15) is 13.2 Å². The molecule has 0 spiro atoms. The Bertz CT molecular complexity index is 1260. The largest absolute Gasteiger partial charge is 0.573 e. The summed E-state index contributed by atoms with van der Waals surface area (Å²) in [6.07, 6.45) is -8.72. The molecular weight excluding hydrogens is 478 g/mol. The molecule has 3 heterocycles. The average molecular weight is 488 g/mol. The van der Waals surface area contributed by atoms with Gasteiger partial charge in [0.25, 0.3) is 5.91 Å². The van der Waals surface area contributed by atoms with E-state index in [0.29, 0.717) is 16.6 Å². The molecule has 0 aliphatic carbocycles. The molecule has 0 fully saturated rings. The molecular formula is C20H10F6N2O2S2. The Balaban J connectivity index is 1.69. The maximum atomic E-state index is 13.1. The van der Waals surface area contributed by atoms with E-state index in [2.05, 4.69) is 15.0 Å². The van der Waals surface area contributed by atoms with Gasteiger partial charge in [-0.25, -0.2) is 0 Å². The predicted molar refractivity (Wildman–Crippen MR) is 109 cm³/mol. The van der Waals surface area contributed by atoms with Crippen LogP contribution < -0.4 is 10.1 Å². The fourth-order valence-electron chi connectivity index (χ4n) is 2.87. The number of rotatable bonds is 4. The maximum absolute atomic E-state index is 13.1. The predicted octanol–water partition coefficient (Wildman–Crippen LogP) is 7.19. The van der Waals surface area contributed by atoms with E-state index >= 15 is 0 Å². The minimum atomic E-state index is -4.85. The summed E-state index contributed by atoms with van der Waals surface area (Å²) in [7, 11) is 0. The van der Waals surface area contributed by atoms with Crippen LogP contribution in [0.5, 0.6) is 5.75 Å². The number of pyridine rings is 1. The van der Waals surface area contributed by atoms with Crippen molar-refractivity contribution in [2.24, 2.45) is 0 Å². The highest BCUT2D eigenvalue weighted by Crippen LogP contribution is 2.42. The van der Waals surface area contributed by atoms with Gasteiger partial charge in [0, 0.05) is 22.3 Å². The van der Waals surface area contributed by atoms with Gasteiger partial charge in [-0.3, -0.25) is 9.78 Å². The molecule has 32 heavy (non-hydrogen) atoms. The van der Waals surface area contributed by atoms with E-state index in [-0.39, 0.29) is 20.8 Å². The van der Waals surface area contributed by atoms with Gasteiger partial charge in [0.05, 0.1) is 15.8 Å². The lowest BCUT2D eigenvalue weighted by atomic mass is 10.1. The lowest BCUT2D eigenvalue weighted by molar-refractivity contribution is -0.274. The molecule has 0 saturated carbocycles. The number of nitrogens with one attached hydrogen (secondary N) is 1. The van der Waals surface area contributed by atoms with Gasteiger partial charge in [0.1, 0.15) is 10.6 Å². The number of nitrogens with zero attached hydrogens (tertiary/aromatic N) is 1. The number of fused-ring (bicyclic) bond motifs is 1. The first-order chi connectivity index (χ1) is 15.0. The Hall–Kier alpha value is -3.12. The zero-order valence-electron chi connectivity index (χ0n) is 15.5. The summed E-state index contributed by atoms with van der Waals surface area (Å²) in [4.78, 5) is 17.7. The molecule has 12 heteroatoms. The molecule has 0 radical (unpaired) electrons. The highest BCUT2D eigenvalue weighted by atomic mass is 32.1. The fourth-order valence-corrected chi connectivity index (χ4v) is 4.82. The Morgan fingerprint density at radius 1 is 1.03 bits per heavy atom. The number of hydrogen-bond donors (Lipinski definition) is 1. The summed E-state index contributed by atoms with van der Waals surface area (Å²) >= 11 is 2.14. The second-order valence-electron chi connectivity index (χ2n) is 6.38. The first-order valence-electron chi connectivity index (χ1n) is 8.72. The van der Waals surface area contributed by atoms with Crippen molar-refractivity contribution in [3.63, 3.8) is 0 Å². The summed E-state index contributed by atoms with van der Waals surface area (Å²) in [5, 5.41) is 4.30. The van der Waals surface area contributed by atoms with Crippen LogP contribution in [0.25, 0.3) is 20.7 Å². The van der Waals surface area contributed by atoms with E-state index in [1.165, 1.54) is 23.5 Å². The standard InChI is InChI=1S/C20H10F6N2O2S2/c21-19(22,23)10-8-14-16(27-9-10)15(13-2-1-7-31-13)17(32-14)18(29)28-11-3-5-12(6-4-11)30-20(24,25)26/h1-9H,(H,28,29). The van der Waals surface area contributed by atoms with Crippen molar-refractivity contribution in [3.8, 4) is 16.2 Å². The van der Waals surface area contributed by atoms with Gasteiger partial charge in [-0.1, -0.05) is 6.07 Å². The molecule has 166 valence electrons. The van der Waals surface area contributed by atoms with Crippen molar-refractivity contribution in [2.45, 2.75) is 12.5 Å². The lowest BCUT2D eigenvalue weighted by Gasteiger charge is -2.10. The topological polar surface area (TPSA) is 51.2 Å². The molecule has 0 aliphatic rings. The third kappa shape index (κ3) is 4.70. The van der Waals surface area contributed by atoms with Gasteiger partial charge in [0.2, 0.25) is 0 Å². The SMILES string of the molecule is O=C(Nc1ccc(OC(F)(F)F)cc1)c1sc2cc(C(F)(F)F)cnc2c1-c1cccs1. The van der Waals surface area contributed by atoms with Crippen LogP contribution in [0.1, 0.15) is 15.2 Å². The van der Waals surface area contributed by atoms with E-state index in [0.717, 1.165) is 29.5 Å².